The van der Waals surface area contributed by atoms with Gasteiger partial charge in [-0.1, -0.05) is 23.2 Å². The van der Waals surface area contributed by atoms with Crippen molar-refractivity contribution in [1.82, 2.24) is 10.3 Å². The van der Waals surface area contributed by atoms with Gasteiger partial charge in [-0.2, -0.15) is 0 Å². The average Bonchev–Trinajstić information content (AvgIpc) is 2.49. The molecule has 1 saturated heterocycles. The fraction of sp³-hybridized carbons (Fsp3) is 0.571. The molecule has 1 aliphatic heterocycles. The predicted molar refractivity (Wildman–Crippen MR) is 87.4 cm³/mol. The zero-order valence-corrected chi connectivity index (χ0v) is 13.8. The van der Waals surface area contributed by atoms with Gasteiger partial charge in [-0.3, -0.25) is 4.79 Å². The van der Waals surface area contributed by atoms with E-state index < -0.39 is 0 Å². The van der Waals surface area contributed by atoms with Gasteiger partial charge < -0.3 is 15.5 Å². The second-order valence-corrected chi connectivity index (χ2v) is 5.87. The van der Waals surface area contributed by atoms with Crippen LogP contribution in [0.2, 0.25) is 10.0 Å². The minimum Gasteiger partial charge on any atom is -0.369 e. The Kier molecular flexibility index (Phi) is 5.53. The molecule has 2 N–H and O–H groups in total. The quantitative estimate of drug-likeness (QED) is 0.891. The van der Waals surface area contributed by atoms with Crippen molar-refractivity contribution in [2.75, 3.05) is 36.9 Å². The molecule has 1 aromatic heterocycles. The van der Waals surface area contributed by atoms with E-state index in [1.165, 1.54) is 0 Å². The zero-order valence-electron chi connectivity index (χ0n) is 12.2. The van der Waals surface area contributed by atoms with Crippen LogP contribution in [0.1, 0.15) is 19.8 Å². The van der Waals surface area contributed by atoms with Crippen LogP contribution in [0.5, 0.6) is 0 Å². The van der Waals surface area contributed by atoms with E-state index >= 15 is 0 Å². The molecule has 116 valence electrons. The van der Waals surface area contributed by atoms with Gasteiger partial charge in [0, 0.05) is 26.7 Å². The number of hydrogen-bond donors (Lipinski definition) is 2. The summed E-state index contributed by atoms with van der Waals surface area (Å²) in [6.45, 7) is 4.18. The van der Waals surface area contributed by atoms with Gasteiger partial charge in [0.2, 0.25) is 5.91 Å². The molecular formula is C14H20Cl2N4O. The van der Waals surface area contributed by atoms with Crippen molar-refractivity contribution >= 4 is 40.7 Å². The molecule has 1 amide bonds. The van der Waals surface area contributed by atoms with Crippen LogP contribution >= 0.6 is 23.2 Å². The molecule has 0 radical (unpaired) electrons. The second kappa shape index (κ2) is 7.18. The standard InChI is InChI=1S/C14H20Cl2N4O/c1-3-18-12-10(15)7-11(16)13(19-12)20-6-4-5-9(8-20)14(21)17-2/h7,9H,3-6,8H2,1-2H3,(H,17,21)(H,18,19). The van der Waals surface area contributed by atoms with Gasteiger partial charge in [-0.05, 0) is 25.8 Å². The van der Waals surface area contributed by atoms with Crippen molar-refractivity contribution in [2.45, 2.75) is 19.8 Å². The summed E-state index contributed by atoms with van der Waals surface area (Å²) in [6.07, 6.45) is 1.83. The van der Waals surface area contributed by atoms with Crippen LogP contribution in [0.15, 0.2) is 6.07 Å². The molecule has 2 rings (SSSR count). The van der Waals surface area contributed by atoms with Gasteiger partial charge in [0.15, 0.2) is 0 Å². The van der Waals surface area contributed by atoms with Gasteiger partial charge in [0.1, 0.15) is 11.6 Å². The Labute approximate surface area is 135 Å². The van der Waals surface area contributed by atoms with Crippen molar-refractivity contribution < 1.29 is 4.79 Å². The highest BCUT2D eigenvalue weighted by molar-refractivity contribution is 6.37. The molecule has 7 heteroatoms. The maximum atomic E-state index is 11.8. The van der Waals surface area contributed by atoms with Crippen LogP contribution in [0.25, 0.3) is 0 Å². The summed E-state index contributed by atoms with van der Waals surface area (Å²) in [6, 6.07) is 1.70. The number of aromatic nitrogens is 1. The second-order valence-electron chi connectivity index (χ2n) is 5.05. The summed E-state index contributed by atoms with van der Waals surface area (Å²) in [4.78, 5) is 18.4. The van der Waals surface area contributed by atoms with Crippen LogP contribution in [0, 0.1) is 5.92 Å². The summed E-state index contributed by atoms with van der Waals surface area (Å²) in [5.74, 6) is 1.35. The number of piperidine rings is 1. The third kappa shape index (κ3) is 3.71. The molecule has 1 aliphatic rings. The van der Waals surface area contributed by atoms with E-state index in [0.717, 1.165) is 25.9 Å². The highest BCUT2D eigenvalue weighted by atomic mass is 35.5. The lowest BCUT2D eigenvalue weighted by Crippen LogP contribution is -2.42. The van der Waals surface area contributed by atoms with Crippen molar-refractivity contribution in [3.63, 3.8) is 0 Å². The van der Waals surface area contributed by atoms with Crippen molar-refractivity contribution in [2.24, 2.45) is 5.92 Å². The fourth-order valence-electron chi connectivity index (χ4n) is 2.56. The Morgan fingerprint density at radius 1 is 1.48 bits per heavy atom. The number of carbonyl (C=O) groups excluding carboxylic acids is 1. The molecule has 0 saturated carbocycles. The molecule has 2 heterocycles. The first-order valence-corrected chi connectivity index (χ1v) is 7.88. The molecule has 5 nitrogen and oxygen atoms in total. The van der Waals surface area contributed by atoms with Crippen molar-refractivity contribution in [3.8, 4) is 0 Å². The van der Waals surface area contributed by atoms with Crippen LogP contribution in [0.3, 0.4) is 0 Å². The Hall–Kier alpha value is -1.20. The number of anilines is 2. The number of carbonyl (C=O) groups is 1. The Balaban J connectivity index is 2.24. The minimum atomic E-state index is -0.0279. The SMILES string of the molecule is CCNc1nc(N2CCCC(C(=O)NC)C2)c(Cl)cc1Cl. The Morgan fingerprint density at radius 2 is 2.24 bits per heavy atom. The highest BCUT2D eigenvalue weighted by Gasteiger charge is 2.27. The maximum absolute atomic E-state index is 11.8. The number of nitrogens with one attached hydrogen (secondary N) is 2. The molecule has 1 fully saturated rings. The summed E-state index contributed by atoms with van der Waals surface area (Å²) in [5.41, 5.74) is 0. The van der Waals surface area contributed by atoms with E-state index in [-0.39, 0.29) is 11.8 Å². The number of pyridine rings is 1. The zero-order chi connectivity index (χ0) is 15.4. The van der Waals surface area contributed by atoms with Crippen LogP contribution in [0.4, 0.5) is 11.6 Å². The highest BCUT2D eigenvalue weighted by Crippen LogP contribution is 2.33. The molecule has 0 bridgehead atoms. The first-order valence-electron chi connectivity index (χ1n) is 7.13. The molecule has 0 aromatic carbocycles. The third-order valence-corrected chi connectivity index (χ3v) is 4.16. The molecule has 1 unspecified atom stereocenters. The van der Waals surface area contributed by atoms with Gasteiger partial charge in [-0.25, -0.2) is 4.98 Å². The topological polar surface area (TPSA) is 57.3 Å². The first kappa shape index (κ1) is 16.2. The van der Waals surface area contributed by atoms with Crippen molar-refractivity contribution in [3.05, 3.63) is 16.1 Å². The third-order valence-electron chi connectivity index (χ3n) is 3.59. The first-order chi connectivity index (χ1) is 10.1. The largest absolute Gasteiger partial charge is 0.369 e. The van der Waals surface area contributed by atoms with E-state index in [0.29, 0.717) is 28.2 Å². The number of hydrogen-bond acceptors (Lipinski definition) is 4. The lowest BCUT2D eigenvalue weighted by molar-refractivity contribution is -0.124. The number of nitrogens with zero attached hydrogens (tertiary/aromatic N) is 2. The Morgan fingerprint density at radius 3 is 2.90 bits per heavy atom. The van der Waals surface area contributed by atoms with Gasteiger partial charge >= 0.3 is 0 Å². The fourth-order valence-corrected chi connectivity index (χ4v) is 3.10. The van der Waals surface area contributed by atoms with E-state index in [2.05, 4.69) is 20.5 Å². The molecule has 1 atom stereocenters. The van der Waals surface area contributed by atoms with E-state index in [1.807, 2.05) is 6.92 Å². The van der Waals surface area contributed by atoms with E-state index in [9.17, 15) is 4.79 Å². The molecule has 0 spiro atoms. The minimum absolute atomic E-state index is 0.0279. The average molecular weight is 331 g/mol. The normalized spacial score (nSPS) is 18.5. The number of halogens is 2. The molecule has 1 aromatic rings. The van der Waals surface area contributed by atoms with Crippen LogP contribution in [-0.4, -0.2) is 37.6 Å². The van der Waals surface area contributed by atoms with Gasteiger partial charge in [0.05, 0.1) is 16.0 Å². The number of rotatable bonds is 4. The number of amides is 1. The Bertz CT molecular complexity index is 524. The smallest absolute Gasteiger partial charge is 0.224 e. The summed E-state index contributed by atoms with van der Waals surface area (Å²) in [5, 5.41) is 6.85. The monoisotopic (exact) mass is 330 g/mol. The van der Waals surface area contributed by atoms with E-state index in [4.69, 9.17) is 23.2 Å². The summed E-state index contributed by atoms with van der Waals surface area (Å²) in [7, 11) is 1.66. The van der Waals surface area contributed by atoms with Crippen LogP contribution < -0.4 is 15.5 Å². The summed E-state index contributed by atoms with van der Waals surface area (Å²) >= 11 is 12.4. The molecular weight excluding hydrogens is 311 g/mol. The molecule has 21 heavy (non-hydrogen) atoms. The molecule has 0 aliphatic carbocycles. The van der Waals surface area contributed by atoms with Crippen LogP contribution in [-0.2, 0) is 4.79 Å². The van der Waals surface area contributed by atoms with Gasteiger partial charge in [0.25, 0.3) is 0 Å². The van der Waals surface area contributed by atoms with Gasteiger partial charge in [-0.15, -0.1) is 0 Å². The summed E-state index contributed by atoms with van der Waals surface area (Å²) < 4.78 is 0. The van der Waals surface area contributed by atoms with E-state index in [1.54, 1.807) is 13.1 Å². The lowest BCUT2D eigenvalue weighted by atomic mass is 9.97. The predicted octanol–water partition coefficient (Wildman–Crippen LogP) is 2.78. The maximum Gasteiger partial charge on any atom is 0.224 e. The van der Waals surface area contributed by atoms with Crippen molar-refractivity contribution in [1.29, 1.82) is 0 Å². The lowest BCUT2D eigenvalue weighted by Gasteiger charge is -2.33.